The van der Waals surface area contributed by atoms with Gasteiger partial charge < -0.3 is 4.74 Å². The van der Waals surface area contributed by atoms with Gasteiger partial charge in [0.05, 0.1) is 12.9 Å². The molecular formula is C27H24OP+. The van der Waals surface area contributed by atoms with Crippen molar-refractivity contribution in [3.05, 3.63) is 127 Å². The van der Waals surface area contributed by atoms with Gasteiger partial charge in [-0.1, -0.05) is 72.8 Å². The molecule has 0 spiro atoms. The van der Waals surface area contributed by atoms with Crippen LogP contribution in [0.25, 0.3) is 6.08 Å². The molecule has 1 nitrogen and oxygen atoms in total. The molecule has 4 aromatic rings. The molecule has 4 rings (SSSR count). The molecule has 0 atom stereocenters. The molecule has 0 saturated carbocycles. The first kappa shape index (κ1) is 19.2. The average molecular weight is 395 g/mol. The maximum atomic E-state index is 5.59. The molecule has 2 heteroatoms. The second-order valence-electron chi connectivity index (χ2n) is 6.79. The third-order valence-electron chi connectivity index (χ3n) is 5.11. The van der Waals surface area contributed by atoms with Crippen molar-refractivity contribution in [2.24, 2.45) is 0 Å². The first-order valence-corrected chi connectivity index (χ1v) is 11.6. The van der Waals surface area contributed by atoms with Crippen LogP contribution in [-0.4, -0.2) is 7.11 Å². The van der Waals surface area contributed by atoms with Crippen molar-refractivity contribution in [2.75, 3.05) is 7.11 Å². The highest BCUT2D eigenvalue weighted by Crippen LogP contribution is 2.57. The zero-order chi connectivity index (χ0) is 19.9. The number of methoxy groups -OCH3 is 1. The van der Waals surface area contributed by atoms with Crippen molar-refractivity contribution in [1.29, 1.82) is 0 Å². The summed E-state index contributed by atoms with van der Waals surface area (Å²) in [6.07, 6.45) is 2.22. The van der Waals surface area contributed by atoms with E-state index in [1.54, 1.807) is 7.11 Å². The molecule has 0 radical (unpaired) electrons. The number of hydrogen-bond donors (Lipinski definition) is 0. The maximum Gasteiger partial charge on any atom is 0.136 e. The summed E-state index contributed by atoms with van der Waals surface area (Å²) in [6, 6.07) is 40.7. The Morgan fingerprint density at radius 3 is 1.41 bits per heavy atom. The van der Waals surface area contributed by atoms with Crippen LogP contribution in [0.2, 0.25) is 0 Å². The summed E-state index contributed by atoms with van der Waals surface area (Å²) in [4.78, 5) is 0. The quantitative estimate of drug-likeness (QED) is 0.383. The third kappa shape index (κ3) is 3.88. The van der Waals surface area contributed by atoms with E-state index in [2.05, 4.69) is 115 Å². The molecule has 0 unspecified atom stereocenters. The predicted molar refractivity (Wildman–Crippen MR) is 127 cm³/mol. The lowest BCUT2D eigenvalue weighted by molar-refractivity contribution is 0.414. The average Bonchev–Trinajstić information content (AvgIpc) is 2.82. The van der Waals surface area contributed by atoms with Crippen LogP contribution in [0, 0.1) is 0 Å². The van der Waals surface area contributed by atoms with E-state index < -0.39 is 7.26 Å². The van der Waals surface area contributed by atoms with E-state index >= 15 is 0 Å². The SMILES string of the molecule is COc1ccccc1C=C[P+](c1ccccc1)(c1ccccc1)c1ccccc1. The first-order valence-electron chi connectivity index (χ1n) is 9.72. The Balaban J connectivity index is 1.99. The lowest BCUT2D eigenvalue weighted by Gasteiger charge is -2.24. The Bertz CT molecular complexity index is 976. The fraction of sp³-hybridized carbons (Fsp3) is 0.0370. The van der Waals surface area contributed by atoms with Crippen molar-refractivity contribution in [1.82, 2.24) is 0 Å². The molecular weight excluding hydrogens is 371 g/mol. The van der Waals surface area contributed by atoms with E-state index in [1.807, 2.05) is 12.1 Å². The van der Waals surface area contributed by atoms with Crippen LogP contribution in [0.1, 0.15) is 5.56 Å². The van der Waals surface area contributed by atoms with Gasteiger partial charge in [0.2, 0.25) is 0 Å². The van der Waals surface area contributed by atoms with Gasteiger partial charge in [-0.2, -0.15) is 0 Å². The van der Waals surface area contributed by atoms with Crippen LogP contribution in [-0.2, 0) is 0 Å². The molecule has 0 fully saturated rings. The molecule has 142 valence electrons. The van der Waals surface area contributed by atoms with E-state index in [0.717, 1.165) is 11.3 Å². The molecule has 0 aliphatic rings. The molecule has 29 heavy (non-hydrogen) atoms. The van der Waals surface area contributed by atoms with E-state index in [4.69, 9.17) is 4.74 Å². The van der Waals surface area contributed by atoms with Crippen LogP contribution in [0.15, 0.2) is 121 Å². The Morgan fingerprint density at radius 2 is 0.966 bits per heavy atom. The number of hydrogen-bond acceptors (Lipinski definition) is 1. The molecule has 0 aliphatic heterocycles. The van der Waals surface area contributed by atoms with Crippen molar-refractivity contribution < 1.29 is 4.74 Å². The highest BCUT2D eigenvalue weighted by atomic mass is 31.2. The summed E-state index contributed by atoms with van der Waals surface area (Å²) in [6.45, 7) is 0. The monoisotopic (exact) mass is 395 g/mol. The fourth-order valence-electron chi connectivity index (χ4n) is 3.69. The molecule has 0 aliphatic carbocycles. The van der Waals surface area contributed by atoms with Gasteiger partial charge in [-0.25, -0.2) is 0 Å². The van der Waals surface area contributed by atoms with Gasteiger partial charge in [0.25, 0.3) is 0 Å². The van der Waals surface area contributed by atoms with E-state index in [0.29, 0.717) is 0 Å². The summed E-state index contributed by atoms with van der Waals surface area (Å²) in [5.41, 5.74) is 1.09. The van der Waals surface area contributed by atoms with Crippen molar-refractivity contribution in [3.8, 4) is 5.75 Å². The van der Waals surface area contributed by atoms with Crippen LogP contribution in [0.4, 0.5) is 0 Å². The van der Waals surface area contributed by atoms with Gasteiger partial charge in [-0.05, 0) is 48.5 Å². The van der Waals surface area contributed by atoms with Gasteiger partial charge in [0.15, 0.2) is 0 Å². The highest BCUT2D eigenvalue weighted by Gasteiger charge is 2.43. The van der Waals surface area contributed by atoms with E-state index in [1.165, 1.54) is 15.9 Å². The summed E-state index contributed by atoms with van der Waals surface area (Å²) in [5, 5.41) is 4.01. The first-order chi connectivity index (χ1) is 14.3. The number of rotatable bonds is 6. The molecule has 0 N–H and O–H groups in total. The van der Waals surface area contributed by atoms with Crippen molar-refractivity contribution in [2.45, 2.75) is 0 Å². The Kier molecular flexibility index (Phi) is 5.89. The third-order valence-corrected chi connectivity index (χ3v) is 9.04. The number of benzene rings is 4. The minimum absolute atomic E-state index is 0.885. The zero-order valence-electron chi connectivity index (χ0n) is 16.5. The minimum Gasteiger partial charge on any atom is -0.496 e. The number of para-hydroxylation sites is 1. The molecule has 0 heterocycles. The predicted octanol–water partition coefficient (Wildman–Crippen LogP) is 5.66. The van der Waals surface area contributed by atoms with Crippen LogP contribution in [0.5, 0.6) is 5.75 Å². The van der Waals surface area contributed by atoms with Crippen LogP contribution < -0.4 is 20.7 Å². The summed E-state index contributed by atoms with van der Waals surface area (Å²) >= 11 is 0. The lowest BCUT2D eigenvalue weighted by atomic mass is 10.2. The molecule has 0 aromatic heterocycles. The smallest absolute Gasteiger partial charge is 0.136 e. The minimum atomic E-state index is -1.99. The van der Waals surface area contributed by atoms with Crippen molar-refractivity contribution in [3.63, 3.8) is 0 Å². The van der Waals surface area contributed by atoms with Crippen molar-refractivity contribution >= 4 is 29.3 Å². The molecule has 4 aromatic carbocycles. The standard InChI is InChI=1S/C27H24OP/c1-28-27-20-12-11-13-23(27)21-22-29(24-14-5-2-6-15-24,25-16-7-3-8-17-25)26-18-9-4-10-19-26/h2-22H,1H3/q+1. The Morgan fingerprint density at radius 1 is 0.552 bits per heavy atom. The Hall–Kier alpha value is -3.15. The normalized spacial score (nSPS) is 11.5. The van der Waals surface area contributed by atoms with Crippen LogP contribution in [0.3, 0.4) is 0 Å². The topological polar surface area (TPSA) is 9.23 Å². The largest absolute Gasteiger partial charge is 0.496 e. The lowest BCUT2D eigenvalue weighted by Crippen LogP contribution is -2.29. The van der Waals surface area contributed by atoms with Gasteiger partial charge in [-0.15, -0.1) is 0 Å². The molecule has 0 saturated heterocycles. The van der Waals surface area contributed by atoms with Gasteiger partial charge in [0.1, 0.15) is 28.9 Å². The molecule has 0 bridgehead atoms. The van der Waals surface area contributed by atoms with E-state index in [-0.39, 0.29) is 0 Å². The molecule has 0 amide bonds. The van der Waals surface area contributed by atoms with Gasteiger partial charge in [0, 0.05) is 5.56 Å². The zero-order valence-corrected chi connectivity index (χ0v) is 17.4. The second kappa shape index (κ2) is 8.90. The summed E-state index contributed by atoms with van der Waals surface area (Å²) in [7, 11) is -0.262. The number of ether oxygens (including phenoxy) is 1. The summed E-state index contributed by atoms with van der Waals surface area (Å²) < 4.78 is 5.59. The second-order valence-corrected chi connectivity index (χ2v) is 10.1. The highest BCUT2D eigenvalue weighted by molar-refractivity contribution is 7.98. The van der Waals surface area contributed by atoms with E-state index in [9.17, 15) is 0 Å². The Labute approximate surface area is 173 Å². The van der Waals surface area contributed by atoms with Crippen LogP contribution >= 0.6 is 7.26 Å². The van der Waals surface area contributed by atoms with Gasteiger partial charge >= 0.3 is 0 Å². The fourth-order valence-corrected chi connectivity index (χ4v) is 7.41. The summed E-state index contributed by atoms with van der Waals surface area (Å²) in [5.74, 6) is 3.29. The van der Waals surface area contributed by atoms with Gasteiger partial charge in [-0.3, -0.25) is 0 Å². The maximum absolute atomic E-state index is 5.59.